The molecule has 0 amide bonds. The molecule has 0 spiro atoms. The molecule has 1 aliphatic heterocycles. The molecule has 0 saturated heterocycles. The number of ether oxygens (including phenoxy) is 2. The van der Waals surface area contributed by atoms with Crippen molar-refractivity contribution >= 4 is 55.7 Å². The van der Waals surface area contributed by atoms with Gasteiger partial charge in [0.15, 0.2) is 0 Å². The summed E-state index contributed by atoms with van der Waals surface area (Å²) in [5.74, 6) is -0.568. The lowest BCUT2D eigenvalue weighted by Crippen LogP contribution is -2.29. The molecule has 0 atom stereocenters. The van der Waals surface area contributed by atoms with E-state index < -0.39 is 16.0 Å². The van der Waals surface area contributed by atoms with E-state index in [0.717, 1.165) is 24.0 Å². The lowest BCUT2D eigenvalue weighted by Gasteiger charge is -2.22. The van der Waals surface area contributed by atoms with Gasteiger partial charge in [0, 0.05) is 47.1 Å². The second-order valence-corrected chi connectivity index (χ2v) is 10.7. The van der Waals surface area contributed by atoms with E-state index in [9.17, 15) is 13.2 Å². The van der Waals surface area contributed by atoms with E-state index in [-0.39, 0.29) is 22.3 Å². The van der Waals surface area contributed by atoms with Gasteiger partial charge >= 0.3 is 5.97 Å². The van der Waals surface area contributed by atoms with Gasteiger partial charge in [0.2, 0.25) is 5.88 Å². The van der Waals surface area contributed by atoms with Crippen LogP contribution < -0.4 is 9.04 Å². The van der Waals surface area contributed by atoms with E-state index in [1.807, 2.05) is 6.07 Å². The Labute approximate surface area is 208 Å². The minimum Gasteiger partial charge on any atom is -0.407 e. The Morgan fingerprint density at radius 2 is 1.91 bits per heavy atom. The van der Waals surface area contributed by atoms with Crippen molar-refractivity contribution in [2.45, 2.75) is 44.6 Å². The van der Waals surface area contributed by atoms with E-state index >= 15 is 0 Å². The zero-order valence-corrected chi connectivity index (χ0v) is 21.1. The maximum atomic E-state index is 13.9. The first-order valence-corrected chi connectivity index (χ1v) is 13.1. The van der Waals surface area contributed by atoms with Crippen LogP contribution in [0.3, 0.4) is 0 Å². The van der Waals surface area contributed by atoms with Gasteiger partial charge in [0.25, 0.3) is 10.0 Å². The quantitative estimate of drug-likeness (QED) is 0.285. The summed E-state index contributed by atoms with van der Waals surface area (Å²) in [6.45, 7) is 4.60. The summed E-state index contributed by atoms with van der Waals surface area (Å²) in [6, 6.07) is 7.98. The Morgan fingerprint density at radius 3 is 2.65 bits per heavy atom. The average molecular weight is 523 g/mol. The van der Waals surface area contributed by atoms with Crippen LogP contribution in [0.2, 0.25) is 10.0 Å². The maximum absolute atomic E-state index is 13.9. The second kappa shape index (κ2) is 10.1. The third-order valence-electron chi connectivity index (χ3n) is 5.60. The van der Waals surface area contributed by atoms with Crippen LogP contribution in [-0.4, -0.2) is 32.5 Å². The highest BCUT2D eigenvalue weighted by atomic mass is 35.5. The molecule has 0 N–H and O–H groups in total. The Bertz CT molecular complexity index is 1360. The molecule has 1 aliphatic rings. The van der Waals surface area contributed by atoms with Gasteiger partial charge < -0.3 is 9.47 Å². The van der Waals surface area contributed by atoms with Crippen LogP contribution >= 0.6 is 23.2 Å². The number of fused-ring (bicyclic) bond motifs is 2. The van der Waals surface area contributed by atoms with Crippen LogP contribution in [0.15, 0.2) is 41.4 Å². The highest BCUT2D eigenvalue weighted by molar-refractivity contribution is 7.93. The first kappa shape index (κ1) is 24.7. The number of pyridine rings is 1. The van der Waals surface area contributed by atoms with Gasteiger partial charge in [0.1, 0.15) is 0 Å². The van der Waals surface area contributed by atoms with E-state index in [0.29, 0.717) is 41.1 Å². The lowest BCUT2D eigenvalue weighted by atomic mass is 10.1. The number of anilines is 1. The zero-order valence-electron chi connectivity index (χ0n) is 18.8. The molecule has 180 valence electrons. The minimum absolute atomic E-state index is 0.000306. The van der Waals surface area contributed by atoms with Crippen molar-refractivity contribution in [1.82, 2.24) is 4.98 Å². The molecule has 7 nitrogen and oxygen atoms in total. The van der Waals surface area contributed by atoms with Crippen molar-refractivity contribution in [3.63, 3.8) is 0 Å². The molecule has 0 bridgehead atoms. The van der Waals surface area contributed by atoms with Crippen molar-refractivity contribution in [3.8, 4) is 5.88 Å². The third-order valence-corrected chi connectivity index (χ3v) is 7.89. The Kier molecular flexibility index (Phi) is 7.33. The highest BCUT2D eigenvalue weighted by Gasteiger charge is 2.34. The molecule has 1 aromatic heterocycles. The van der Waals surface area contributed by atoms with Crippen molar-refractivity contribution in [2.24, 2.45) is 0 Å². The molecule has 10 heteroatoms. The zero-order chi connectivity index (χ0) is 24.5. The number of hydrogen-bond acceptors (Lipinski definition) is 6. The van der Waals surface area contributed by atoms with Crippen LogP contribution in [0.4, 0.5) is 5.69 Å². The van der Waals surface area contributed by atoms with Gasteiger partial charge in [-0.05, 0) is 54.3 Å². The molecule has 0 saturated carbocycles. The molecule has 34 heavy (non-hydrogen) atoms. The summed E-state index contributed by atoms with van der Waals surface area (Å²) in [5.41, 5.74) is 2.32. The summed E-state index contributed by atoms with van der Waals surface area (Å²) in [7, 11) is -4.03. The molecular formula is C24H24Cl2N2O5S. The van der Waals surface area contributed by atoms with E-state index in [4.69, 9.17) is 32.7 Å². The van der Waals surface area contributed by atoms with Gasteiger partial charge in [-0.1, -0.05) is 36.5 Å². The molecule has 0 fully saturated rings. The van der Waals surface area contributed by atoms with E-state index in [2.05, 4.69) is 11.9 Å². The number of esters is 1. The highest BCUT2D eigenvalue weighted by Crippen LogP contribution is 2.40. The Hall–Kier alpha value is -2.39. The third kappa shape index (κ3) is 4.86. The van der Waals surface area contributed by atoms with E-state index in [1.165, 1.54) is 29.6 Å². The molecule has 0 aliphatic carbocycles. The SMILES string of the molecule is CCCCOCc1cc(Cl)cc2c1CCN2S(=O)(=O)c1cc(Cl)cc2c(OC(C)=O)nccc12. The van der Waals surface area contributed by atoms with Crippen molar-refractivity contribution < 1.29 is 22.7 Å². The monoisotopic (exact) mass is 522 g/mol. The first-order valence-electron chi connectivity index (χ1n) is 10.9. The van der Waals surface area contributed by atoms with Crippen LogP contribution in [0.1, 0.15) is 37.8 Å². The fourth-order valence-electron chi connectivity index (χ4n) is 4.07. The Morgan fingerprint density at radius 1 is 1.15 bits per heavy atom. The van der Waals surface area contributed by atoms with Gasteiger partial charge in [0.05, 0.1) is 17.2 Å². The standard InChI is InChI=1S/C24H24Cl2N2O5S/c1-3-4-9-32-14-16-10-17(25)12-22-19(16)6-8-28(22)34(30,31)23-13-18(26)11-21-20(23)5-7-27-24(21)33-15(2)29/h5,7,10-13H,3-4,6,8-9,14H2,1-2H3. The predicted octanol–water partition coefficient (Wildman–Crippen LogP) is 5.54. The van der Waals surface area contributed by atoms with Crippen LogP contribution in [0, 0.1) is 0 Å². The molecule has 3 aromatic rings. The minimum atomic E-state index is -4.03. The number of carbonyl (C=O) groups is 1. The number of sulfonamides is 1. The first-order chi connectivity index (χ1) is 16.2. The van der Waals surface area contributed by atoms with Crippen molar-refractivity contribution in [2.75, 3.05) is 17.5 Å². The lowest BCUT2D eigenvalue weighted by molar-refractivity contribution is -0.132. The molecule has 0 radical (unpaired) electrons. The van der Waals surface area contributed by atoms with Gasteiger partial charge in [-0.25, -0.2) is 13.4 Å². The maximum Gasteiger partial charge on any atom is 0.309 e. The number of benzene rings is 2. The normalized spacial score (nSPS) is 13.4. The molecule has 0 unspecified atom stereocenters. The molecular weight excluding hydrogens is 499 g/mol. The van der Waals surface area contributed by atoms with Crippen LogP contribution in [0.25, 0.3) is 10.8 Å². The Balaban J connectivity index is 1.78. The summed E-state index contributed by atoms with van der Waals surface area (Å²) < 4.78 is 40.1. The van der Waals surface area contributed by atoms with Gasteiger partial charge in [-0.15, -0.1) is 0 Å². The van der Waals surface area contributed by atoms with Crippen molar-refractivity contribution in [3.05, 3.63) is 57.7 Å². The number of halogens is 2. The molecule has 4 rings (SSSR count). The largest absolute Gasteiger partial charge is 0.407 e. The average Bonchev–Trinajstić information content (AvgIpc) is 3.21. The fraction of sp³-hybridized carbons (Fsp3) is 0.333. The molecule has 2 aromatic carbocycles. The summed E-state index contributed by atoms with van der Waals surface area (Å²) in [5, 5.41) is 1.31. The predicted molar refractivity (Wildman–Crippen MR) is 132 cm³/mol. The second-order valence-electron chi connectivity index (χ2n) is 8.00. The fourth-order valence-corrected chi connectivity index (χ4v) is 6.31. The van der Waals surface area contributed by atoms with Crippen LogP contribution in [0.5, 0.6) is 5.88 Å². The topological polar surface area (TPSA) is 85.8 Å². The number of rotatable bonds is 8. The number of carbonyl (C=O) groups excluding carboxylic acids is 1. The van der Waals surface area contributed by atoms with Crippen LogP contribution in [-0.2, 0) is 32.6 Å². The van der Waals surface area contributed by atoms with Crippen molar-refractivity contribution in [1.29, 1.82) is 0 Å². The summed E-state index contributed by atoms with van der Waals surface area (Å²) >= 11 is 12.7. The van der Waals surface area contributed by atoms with E-state index in [1.54, 1.807) is 12.1 Å². The number of nitrogens with zero attached hydrogens (tertiary/aromatic N) is 2. The number of unbranched alkanes of at least 4 members (excludes halogenated alkanes) is 1. The number of aromatic nitrogens is 1. The smallest absolute Gasteiger partial charge is 0.309 e. The summed E-state index contributed by atoms with van der Waals surface area (Å²) in [6.07, 6.45) is 3.92. The summed E-state index contributed by atoms with van der Waals surface area (Å²) in [4.78, 5) is 15.6. The number of hydrogen-bond donors (Lipinski definition) is 0. The van der Waals surface area contributed by atoms with Gasteiger partial charge in [-0.3, -0.25) is 9.10 Å². The molecule has 2 heterocycles. The van der Waals surface area contributed by atoms with Gasteiger partial charge in [-0.2, -0.15) is 0 Å².